The van der Waals surface area contributed by atoms with Gasteiger partial charge >= 0.3 is 0 Å². The predicted octanol–water partition coefficient (Wildman–Crippen LogP) is 1.68. The molecule has 0 spiro atoms. The Morgan fingerprint density at radius 3 is 2.88 bits per heavy atom. The molecule has 1 saturated heterocycles. The highest BCUT2D eigenvalue weighted by Gasteiger charge is 2.23. The third kappa shape index (κ3) is 2.49. The van der Waals surface area contributed by atoms with Crippen LogP contribution in [0.1, 0.15) is 42.6 Å². The normalized spacial score (nSPS) is 17.5. The molecule has 0 radical (unpaired) electrons. The molecule has 1 aliphatic heterocycles. The van der Waals surface area contributed by atoms with Gasteiger partial charge in [0.05, 0.1) is 18.8 Å². The molecule has 94 valence electrons. The number of nitrogens with zero attached hydrogens (tertiary/aromatic N) is 2. The van der Waals surface area contributed by atoms with Crippen molar-refractivity contribution in [2.24, 2.45) is 0 Å². The summed E-state index contributed by atoms with van der Waals surface area (Å²) in [5, 5.41) is 8.60. The van der Waals surface area contributed by atoms with Gasteiger partial charge in [0.25, 0.3) is 0 Å². The van der Waals surface area contributed by atoms with E-state index < -0.39 is 0 Å². The molecule has 2 rings (SSSR count). The number of carbonyl (C=O) groups is 1. The second-order valence-electron chi connectivity index (χ2n) is 4.64. The van der Waals surface area contributed by atoms with E-state index in [-0.39, 0.29) is 11.8 Å². The number of nitrogens with one attached hydrogen (secondary N) is 1. The van der Waals surface area contributed by atoms with Crippen molar-refractivity contribution in [1.29, 1.82) is 0 Å². The Morgan fingerprint density at radius 2 is 2.35 bits per heavy atom. The molecule has 0 aromatic carbocycles. The maximum atomic E-state index is 11.9. The number of aryl methyl sites for hydroxylation is 2. The molecule has 1 aromatic heterocycles. The lowest BCUT2D eigenvalue weighted by atomic mass is 9.95. The van der Waals surface area contributed by atoms with Crippen LogP contribution in [0.25, 0.3) is 0 Å². The lowest BCUT2D eigenvalue weighted by Gasteiger charge is -2.17. The molecule has 0 bridgehead atoms. The van der Waals surface area contributed by atoms with E-state index in [1.807, 2.05) is 13.8 Å². The van der Waals surface area contributed by atoms with Crippen molar-refractivity contribution in [2.75, 3.05) is 13.2 Å². The van der Waals surface area contributed by atoms with Crippen molar-refractivity contribution in [1.82, 2.24) is 15.3 Å². The maximum Gasteiger partial charge on any atom is 0.246 e. The number of hydrogen-bond donors (Lipinski definition) is 1. The van der Waals surface area contributed by atoms with Gasteiger partial charge in [-0.15, -0.1) is 0 Å². The number of hydroxylamine groups is 2. The molecule has 5 heteroatoms. The molecule has 1 atom stereocenters. The second kappa shape index (κ2) is 4.87. The largest absolute Gasteiger partial charge is 0.282 e. The van der Waals surface area contributed by atoms with Gasteiger partial charge in [0.2, 0.25) is 5.91 Å². The Balaban J connectivity index is 2.01. The standard InChI is InChI=1S/C12H19N3O2/c1-8(12-9(2)13-14-10(12)3)7-11(16)15-5-4-6-17-15/h8H,4-7H2,1-3H3,(H,13,14)/t8-/m0/s1. The van der Waals surface area contributed by atoms with Crippen LogP contribution in [-0.4, -0.2) is 34.3 Å². The average Bonchev–Trinajstić information content (AvgIpc) is 2.88. The minimum Gasteiger partial charge on any atom is -0.282 e. The third-order valence-electron chi connectivity index (χ3n) is 3.19. The topological polar surface area (TPSA) is 58.2 Å². The molecule has 1 amide bonds. The van der Waals surface area contributed by atoms with Crippen LogP contribution in [0.3, 0.4) is 0 Å². The molecule has 0 unspecified atom stereocenters. The van der Waals surface area contributed by atoms with Crippen molar-refractivity contribution in [3.8, 4) is 0 Å². The minimum absolute atomic E-state index is 0.0648. The fraction of sp³-hybridized carbons (Fsp3) is 0.667. The Morgan fingerprint density at radius 1 is 1.59 bits per heavy atom. The summed E-state index contributed by atoms with van der Waals surface area (Å²) in [6.45, 7) is 7.38. The third-order valence-corrected chi connectivity index (χ3v) is 3.19. The molecule has 1 aromatic rings. The number of amides is 1. The van der Waals surface area contributed by atoms with Crippen LogP contribution in [-0.2, 0) is 9.63 Å². The molecule has 0 aliphatic carbocycles. The molecule has 1 fully saturated rings. The van der Waals surface area contributed by atoms with Gasteiger partial charge in [-0.1, -0.05) is 6.92 Å². The maximum absolute atomic E-state index is 11.9. The van der Waals surface area contributed by atoms with Gasteiger partial charge in [0.15, 0.2) is 0 Å². The summed E-state index contributed by atoms with van der Waals surface area (Å²) in [6.07, 6.45) is 1.41. The van der Waals surface area contributed by atoms with E-state index in [9.17, 15) is 4.79 Å². The summed E-state index contributed by atoms with van der Waals surface area (Å²) in [7, 11) is 0. The summed E-state index contributed by atoms with van der Waals surface area (Å²) in [4.78, 5) is 17.2. The van der Waals surface area contributed by atoms with Crippen LogP contribution in [0.2, 0.25) is 0 Å². The Labute approximate surface area is 101 Å². The van der Waals surface area contributed by atoms with Crippen molar-refractivity contribution in [3.63, 3.8) is 0 Å². The smallest absolute Gasteiger partial charge is 0.246 e. The van der Waals surface area contributed by atoms with E-state index in [2.05, 4.69) is 17.1 Å². The molecule has 2 heterocycles. The van der Waals surface area contributed by atoms with Crippen molar-refractivity contribution >= 4 is 5.91 Å². The summed E-state index contributed by atoms with van der Waals surface area (Å²) >= 11 is 0. The molecule has 5 nitrogen and oxygen atoms in total. The fourth-order valence-electron chi connectivity index (χ4n) is 2.40. The number of aromatic nitrogens is 2. The van der Waals surface area contributed by atoms with E-state index >= 15 is 0 Å². The lowest BCUT2D eigenvalue weighted by Crippen LogP contribution is -2.27. The monoisotopic (exact) mass is 237 g/mol. The summed E-state index contributed by atoms with van der Waals surface area (Å²) in [6, 6.07) is 0. The van der Waals surface area contributed by atoms with Gasteiger partial charge in [-0.2, -0.15) is 5.10 Å². The van der Waals surface area contributed by atoms with Crippen molar-refractivity contribution < 1.29 is 9.63 Å². The van der Waals surface area contributed by atoms with E-state index in [0.29, 0.717) is 13.0 Å². The first-order valence-corrected chi connectivity index (χ1v) is 6.04. The second-order valence-corrected chi connectivity index (χ2v) is 4.64. The molecule has 17 heavy (non-hydrogen) atoms. The molecule has 1 N–H and O–H groups in total. The Kier molecular flexibility index (Phi) is 3.47. The van der Waals surface area contributed by atoms with E-state index in [4.69, 9.17) is 4.84 Å². The van der Waals surface area contributed by atoms with Crippen LogP contribution in [0.15, 0.2) is 0 Å². The zero-order chi connectivity index (χ0) is 12.4. The van der Waals surface area contributed by atoms with Gasteiger partial charge in [0, 0.05) is 12.1 Å². The van der Waals surface area contributed by atoms with E-state index in [0.717, 1.165) is 29.9 Å². The summed E-state index contributed by atoms with van der Waals surface area (Å²) in [5.74, 6) is 0.237. The molecular weight excluding hydrogens is 218 g/mol. The first-order chi connectivity index (χ1) is 8.09. The Bertz CT molecular complexity index is 388. The van der Waals surface area contributed by atoms with Crippen molar-refractivity contribution in [3.05, 3.63) is 17.0 Å². The predicted molar refractivity (Wildman–Crippen MR) is 63.4 cm³/mol. The fourth-order valence-corrected chi connectivity index (χ4v) is 2.40. The summed E-state index contributed by atoms with van der Waals surface area (Å²) < 4.78 is 0. The highest BCUT2D eigenvalue weighted by molar-refractivity contribution is 5.76. The Hall–Kier alpha value is -1.36. The minimum atomic E-state index is 0.0648. The highest BCUT2D eigenvalue weighted by Crippen LogP contribution is 2.25. The van der Waals surface area contributed by atoms with Crippen LogP contribution < -0.4 is 0 Å². The van der Waals surface area contributed by atoms with Gasteiger partial charge < -0.3 is 0 Å². The first-order valence-electron chi connectivity index (χ1n) is 6.04. The van der Waals surface area contributed by atoms with Crippen LogP contribution in [0, 0.1) is 13.8 Å². The number of carbonyl (C=O) groups excluding carboxylic acids is 1. The van der Waals surface area contributed by atoms with Crippen LogP contribution in [0.4, 0.5) is 0 Å². The molecule has 1 aliphatic rings. The van der Waals surface area contributed by atoms with E-state index in [1.54, 1.807) is 0 Å². The highest BCUT2D eigenvalue weighted by atomic mass is 16.7. The average molecular weight is 237 g/mol. The van der Waals surface area contributed by atoms with Gasteiger partial charge in [0.1, 0.15) is 0 Å². The van der Waals surface area contributed by atoms with Crippen LogP contribution in [0.5, 0.6) is 0 Å². The lowest BCUT2D eigenvalue weighted by molar-refractivity contribution is -0.169. The number of rotatable bonds is 3. The van der Waals surface area contributed by atoms with Crippen LogP contribution >= 0.6 is 0 Å². The molecule has 0 saturated carbocycles. The van der Waals surface area contributed by atoms with Gasteiger partial charge in [-0.3, -0.25) is 14.7 Å². The molecular formula is C12H19N3O2. The van der Waals surface area contributed by atoms with E-state index in [1.165, 1.54) is 5.06 Å². The number of aromatic amines is 1. The van der Waals surface area contributed by atoms with Gasteiger partial charge in [-0.25, -0.2) is 5.06 Å². The zero-order valence-corrected chi connectivity index (χ0v) is 10.6. The quantitative estimate of drug-likeness (QED) is 0.870. The zero-order valence-electron chi connectivity index (χ0n) is 10.6. The number of H-pyrrole nitrogens is 1. The SMILES string of the molecule is Cc1n[nH]c(C)c1[C@@H](C)CC(=O)N1CCCO1. The van der Waals surface area contributed by atoms with Crippen molar-refractivity contribution in [2.45, 2.75) is 39.5 Å². The first kappa shape index (κ1) is 12.1. The number of hydrogen-bond acceptors (Lipinski definition) is 3. The van der Waals surface area contributed by atoms with Gasteiger partial charge in [-0.05, 0) is 31.7 Å². The summed E-state index contributed by atoms with van der Waals surface area (Å²) in [5.41, 5.74) is 3.17.